The van der Waals surface area contributed by atoms with E-state index in [4.69, 9.17) is 0 Å². The molecule has 2 fully saturated rings. The molecule has 2 N–H and O–H groups in total. The predicted molar refractivity (Wildman–Crippen MR) is 72.1 cm³/mol. The molecule has 4 atom stereocenters. The van der Waals surface area contributed by atoms with Gasteiger partial charge < -0.3 is 10.6 Å². The Balaban J connectivity index is 1.48. The summed E-state index contributed by atoms with van der Waals surface area (Å²) in [6, 6.07) is 0.0941. The van der Waals surface area contributed by atoms with Gasteiger partial charge in [-0.1, -0.05) is 18.6 Å². The van der Waals surface area contributed by atoms with E-state index < -0.39 is 0 Å². The molecule has 18 heavy (non-hydrogen) atoms. The summed E-state index contributed by atoms with van der Waals surface area (Å²) < 4.78 is 0. The number of rotatable bonds is 3. The summed E-state index contributed by atoms with van der Waals surface area (Å²) in [6.07, 6.45) is 11.9. The third kappa shape index (κ3) is 2.46. The predicted octanol–water partition coefficient (Wildman–Crippen LogP) is 1.85. The van der Waals surface area contributed by atoms with Crippen LogP contribution in [-0.2, 0) is 4.79 Å². The van der Waals surface area contributed by atoms with Crippen molar-refractivity contribution in [2.45, 2.75) is 44.6 Å². The molecule has 0 spiro atoms. The van der Waals surface area contributed by atoms with Crippen LogP contribution in [0.4, 0.5) is 0 Å². The Hall–Kier alpha value is -0.830. The second kappa shape index (κ2) is 5.43. The van der Waals surface area contributed by atoms with Crippen LogP contribution in [0.1, 0.15) is 38.5 Å². The van der Waals surface area contributed by atoms with Crippen molar-refractivity contribution in [1.82, 2.24) is 10.6 Å². The molecule has 3 nitrogen and oxygen atoms in total. The van der Waals surface area contributed by atoms with Crippen LogP contribution in [0.5, 0.6) is 0 Å². The molecule has 0 radical (unpaired) electrons. The molecule has 3 heteroatoms. The number of carbonyl (C=O) groups excluding carboxylic acids is 1. The number of hydrogen-bond acceptors (Lipinski definition) is 2. The lowest BCUT2D eigenvalue weighted by molar-refractivity contribution is -0.124. The van der Waals surface area contributed by atoms with Crippen molar-refractivity contribution >= 4 is 5.91 Å². The van der Waals surface area contributed by atoms with Gasteiger partial charge in [0.15, 0.2) is 0 Å². The summed E-state index contributed by atoms with van der Waals surface area (Å²) in [7, 11) is 0. The van der Waals surface area contributed by atoms with Crippen LogP contribution in [0, 0.1) is 17.8 Å². The highest BCUT2D eigenvalue weighted by atomic mass is 16.2. The van der Waals surface area contributed by atoms with Gasteiger partial charge in [0, 0.05) is 6.54 Å². The number of nitrogens with one attached hydrogen (secondary N) is 2. The minimum absolute atomic E-state index is 0.0941. The van der Waals surface area contributed by atoms with E-state index >= 15 is 0 Å². The zero-order chi connectivity index (χ0) is 12.4. The second-order valence-electron chi connectivity index (χ2n) is 6.14. The molecule has 1 saturated carbocycles. The summed E-state index contributed by atoms with van der Waals surface area (Å²) in [6.45, 7) is 1.91. The first-order valence-electron chi connectivity index (χ1n) is 7.50. The van der Waals surface area contributed by atoms with Gasteiger partial charge in [0.25, 0.3) is 0 Å². The fourth-order valence-corrected chi connectivity index (χ4v) is 3.87. The lowest BCUT2D eigenvalue weighted by Crippen LogP contribution is -2.45. The average molecular weight is 248 g/mol. The van der Waals surface area contributed by atoms with Crippen molar-refractivity contribution in [2.24, 2.45) is 17.8 Å². The van der Waals surface area contributed by atoms with Crippen molar-refractivity contribution in [2.75, 3.05) is 13.1 Å². The Kier molecular flexibility index (Phi) is 3.69. The molecule has 1 saturated heterocycles. The fraction of sp³-hybridized carbons (Fsp3) is 0.800. The van der Waals surface area contributed by atoms with Crippen LogP contribution in [-0.4, -0.2) is 25.0 Å². The number of carbonyl (C=O) groups is 1. The van der Waals surface area contributed by atoms with E-state index in [2.05, 4.69) is 22.8 Å². The lowest BCUT2D eigenvalue weighted by atomic mass is 9.92. The van der Waals surface area contributed by atoms with E-state index in [9.17, 15) is 4.79 Å². The normalized spacial score (nSPS) is 38.7. The van der Waals surface area contributed by atoms with Gasteiger partial charge in [-0.25, -0.2) is 0 Å². The molecule has 0 bridgehead atoms. The van der Waals surface area contributed by atoms with Gasteiger partial charge in [0.2, 0.25) is 5.91 Å². The van der Waals surface area contributed by atoms with Crippen LogP contribution < -0.4 is 10.6 Å². The van der Waals surface area contributed by atoms with Crippen molar-refractivity contribution in [3.63, 3.8) is 0 Å². The zero-order valence-corrected chi connectivity index (χ0v) is 11.0. The Morgan fingerprint density at radius 3 is 3.06 bits per heavy atom. The number of hydrogen-bond donors (Lipinski definition) is 2. The molecule has 1 amide bonds. The standard InChI is InChI=1S/C15H24N2O/c18-15(17-9-11-5-2-1-3-6-11)14-13-8-4-7-12(13)10-16-14/h1-2,11-14,16H,3-10H2,(H,17,18). The molecular weight excluding hydrogens is 224 g/mol. The molecule has 4 unspecified atom stereocenters. The summed E-state index contributed by atoms with van der Waals surface area (Å²) in [5.74, 6) is 2.27. The van der Waals surface area contributed by atoms with Crippen molar-refractivity contribution < 1.29 is 4.79 Å². The average Bonchev–Trinajstić information content (AvgIpc) is 2.99. The molecule has 0 aromatic heterocycles. The third-order valence-electron chi connectivity index (χ3n) is 4.97. The summed E-state index contributed by atoms with van der Waals surface area (Å²) in [5, 5.41) is 6.59. The first-order valence-corrected chi connectivity index (χ1v) is 7.50. The lowest BCUT2D eigenvalue weighted by Gasteiger charge is -2.21. The second-order valence-corrected chi connectivity index (χ2v) is 6.14. The van der Waals surface area contributed by atoms with Gasteiger partial charge in [-0.15, -0.1) is 0 Å². The molecule has 3 aliphatic rings. The van der Waals surface area contributed by atoms with E-state index in [0.29, 0.717) is 11.8 Å². The minimum Gasteiger partial charge on any atom is -0.354 e. The van der Waals surface area contributed by atoms with Gasteiger partial charge in [0.05, 0.1) is 6.04 Å². The van der Waals surface area contributed by atoms with Crippen molar-refractivity contribution in [3.8, 4) is 0 Å². The maximum Gasteiger partial charge on any atom is 0.237 e. The van der Waals surface area contributed by atoms with E-state index in [0.717, 1.165) is 25.4 Å². The van der Waals surface area contributed by atoms with E-state index in [-0.39, 0.29) is 11.9 Å². The number of fused-ring (bicyclic) bond motifs is 1. The Bertz CT molecular complexity index is 339. The minimum atomic E-state index is 0.0941. The number of allylic oxidation sites excluding steroid dienone is 2. The molecule has 0 aromatic rings. The molecule has 1 heterocycles. The van der Waals surface area contributed by atoms with Gasteiger partial charge in [-0.3, -0.25) is 4.79 Å². The van der Waals surface area contributed by atoms with Gasteiger partial charge in [-0.05, 0) is 56.4 Å². The van der Waals surface area contributed by atoms with Gasteiger partial charge in [-0.2, -0.15) is 0 Å². The summed E-state index contributed by atoms with van der Waals surface area (Å²) in [5.41, 5.74) is 0. The van der Waals surface area contributed by atoms with Crippen LogP contribution >= 0.6 is 0 Å². The van der Waals surface area contributed by atoms with Gasteiger partial charge >= 0.3 is 0 Å². The van der Waals surface area contributed by atoms with Crippen LogP contribution in [0.25, 0.3) is 0 Å². The first-order chi connectivity index (χ1) is 8.84. The Labute approximate surface area is 109 Å². The SMILES string of the molecule is O=C(NCC1CC=CCC1)C1NCC2CCCC21. The van der Waals surface area contributed by atoms with Crippen molar-refractivity contribution in [1.29, 1.82) is 0 Å². The maximum absolute atomic E-state index is 12.2. The largest absolute Gasteiger partial charge is 0.354 e. The molecule has 100 valence electrons. The van der Waals surface area contributed by atoms with Gasteiger partial charge in [0.1, 0.15) is 0 Å². The number of amides is 1. The molecule has 0 aromatic carbocycles. The molecular formula is C15H24N2O. The Morgan fingerprint density at radius 2 is 2.22 bits per heavy atom. The maximum atomic E-state index is 12.2. The van der Waals surface area contributed by atoms with Crippen molar-refractivity contribution in [3.05, 3.63) is 12.2 Å². The van der Waals surface area contributed by atoms with E-state index in [1.807, 2.05) is 0 Å². The highest BCUT2D eigenvalue weighted by Gasteiger charge is 2.42. The fourth-order valence-electron chi connectivity index (χ4n) is 3.87. The van der Waals surface area contributed by atoms with E-state index in [1.165, 1.54) is 32.1 Å². The van der Waals surface area contributed by atoms with Crippen LogP contribution in [0.2, 0.25) is 0 Å². The van der Waals surface area contributed by atoms with Crippen LogP contribution in [0.3, 0.4) is 0 Å². The highest BCUT2D eigenvalue weighted by Crippen LogP contribution is 2.37. The molecule has 2 aliphatic carbocycles. The topological polar surface area (TPSA) is 41.1 Å². The first kappa shape index (κ1) is 12.2. The summed E-state index contributed by atoms with van der Waals surface area (Å²) >= 11 is 0. The van der Waals surface area contributed by atoms with Crippen LogP contribution in [0.15, 0.2) is 12.2 Å². The van der Waals surface area contributed by atoms with E-state index in [1.54, 1.807) is 0 Å². The molecule has 3 rings (SSSR count). The third-order valence-corrected chi connectivity index (χ3v) is 4.97. The highest BCUT2D eigenvalue weighted by molar-refractivity contribution is 5.82. The smallest absolute Gasteiger partial charge is 0.237 e. The summed E-state index contributed by atoms with van der Waals surface area (Å²) in [4.78, 5) is 12.2. The molecule has 1 aliphatic heterocycles. The zero-order valence-electron chi connectivity index (χ0n) is 11.0. The monoisotopic (exact) mass is 248 g/mol. The quantitative estimate of drug-likeness (QED) is 0.748. The Morgan fingerprint density at radius 1 is 1.28 bits per heavy atom.